The number of ether oxygens (including phenoxy) is 1. The number of carbonyl (C=O) groups is 2. The van der Waals surface area contributed by atoms with Crippen LogP contribution in [0.5, 0.6) is 5.88 Å². The summed E-state index contributed by atoms with van der Waals surface area (Å²) in [4.78, 5) is 41.2. The molecular formula is C22H23ClN6O3. The van der Waals surface area contributed by atoms with Crippen LogP contribution in [0.3, 0.4) is 0 Å². The van der Waals surface area contributed by atoms with Crippen LogP contribution in [0.2, 0.25) is 5.15 Å². The third kappa shape index (κ3) is 3.88. The molecule has 3 amide bonds. The second-order valence-corrected chi connectivity index (χ2v) is 8.56. The van der Waals surface area contributed by atoms with E-state index in [1.165, 1.54) is 9.80 Å². The van der Waals surface area contributed by atoms with Gasteiger partial charge in [0.15, 0.2) is 5.65 Å². The minimum Gasteiger partial charge on any atom is -0.471 e. The van der Waals surface area contributed by atoms with Crippen LogP contribution < -0.4 is 9.64 Å². The van der Waals surface area contributed by atoms with Crippen molar-refractivity contribution in [3.63, 3.8) is 0 Å². The predicted molar refractivity (Wildman–Crippen MR) is 118 cm³/mol. The number of pyridine rings is 1. The van der Waals surface area contributed by atoms with Gasteiger partial charge in [-0.2, -0.15) is 4.98 Å². The quantitative estimate of drug-likeness (QED) is 0.399. The number of imidazole rings is 1. The summed E-state index contributed by atoms with van der Waals surface area (Å²) in [5, 5.41) is 0.313. The average molecular weight is 455 g/mol. The van der Waals surface area contributed by atoms with Gasteiger partial charge in [0.25, 0.3) is 5.91 Å². The summed E-state index contributed by atoms with van der Waals surface area (Å²) in [6.45, 7) is 4.32. The van der Waals surface area contributed by atoms with Crippen molar-refractivity contribution in [2.75, 3.05) is 18.0 Å². The highest BCUT2D eigenvalue weighted by atomic mass is 35.5. The molecule has 9 nitrogen and oxygen atoms in total. The highest BCUT2D eigenvalue weighted by Gasteiger charge is 2.38. The number of nitrogens with zero attached hydrogens (tertiary/aromatic N) is 6. The van der Waals surface area contributed by atoms with Crippen molar-refractivity contribution < 1.29 is 14.3 Å². The third-order valence-electron chi connectivity index (χ3n) is 5.60. The molecular weight excluding hydrogens is 432 g/mol. The lowest BCUT2D eigenvalue weighted by Gasteiger charge is -2.18. The number of aromatic nitrogens is 4. The Morgan fingerprint density at radius 3 is 2.69 bits per heavy atom. The first kappa shape index (κ1) is 20.7. The van der Waals surface area contributed by atoms with Gasteiger partial charge in [0.1, 0.15) is 24.1 Å². The number of imide groups is 1. The Hall–Kier alpha value is -3.20. The number of halogens is 1. The van der Waals surface area contributed by atoms with Gasteiger partial charge in [-0.15, -0.1) is 0 Å². The van der Waals surface area contributed by atoms with E-state index >= 15 is 0 Å². The Balaban J connectivity index is 1.48. The van der Waals surface area contributed by atoms with E-state index in [1.807, 2.05) is 29.8 Å². The van der Waals surface area contributed by atoms with Gasteiger partial charge in [0.05, 0.1) is 11.4 Å². The van der Waals surface area contributed by atoms with E-state index in [0.29, 0.717) is 46.3 Å². The van der Waals surface area contributed by atoms with E-state index in [4.69, 9.17) is 21.3 Å². The molecule has 0 spiro atoms. The second kappa shape index (κ2) is 8.05. The van der Waals surface area contributed by atoms with E-state index < -0.39 is 0 Å². The van der Waals surface area contributed by atoms with Crippen molar-refractivity contribution in [2.45, 2.75) is 45.6 Å². The fourth-order valence-electron chi connectivity index (χ4n) is 3.96. The van der Waals surface area contributed by atoms with Crippen molar-refractivity contribution in [3.05, 3.63) is 46.8 Å². The average Bonchev–Trinajstić information content (AvgIpc) is 3.46. The van der Waals surface area contributed by atoms with Crippen LogP contribution in [-0.4, -0.2) is 49.3 Å². The van der Waals surface area contributed by atoms with E-state index in [2.05, 4.69) is 9.97 Å². The smallest absolute Gasteiger partial charge is 0.331 e. The largest absolute Gasteiger partial charge is 0.471 e. The van der Waals surface area contributed by atoms with Gasteiger partial charge < -0.3 is 9.14 Å². The number of amides is 3. The van der Waals surface area contributed by atoms with Crippen LogP contribution in [0.15, 0.2) is 24.5 Å². The molecule has 3 aromatic rings. The number of hydrogen-bond acceptors (Lipinski definition) is 6. The third-order valence-corrected chi connectivity index (χ3v) is 5.79. The van der Waals surface area contributed by atoms with Crippen molar-refractivity contribution in [1.82, 2.24) is 24.3 Å². The summed E-state index contributed by atoms with van der Waals surface area (Å²) < 4.78 is 7.69. The first-order chi connectivity index (χ1) is 15.4. The SMILES string of the molecule is CCCN1C(=O)CN(c2cc(C3CC3)cn3cc(COc4cc(Cl)nc(C)n4)nc23)C1=O. The molecule has 0 atom stereocenters. The van der Waals surface area contributed by atoms with Gasteiger partial charge in [-0.3, -0.25) is 14.6 Å². The van der Waals surface area contributed by atoms with Crippen molar-refractivity contribution >= 4 is 34.9 Å². The normalized spacial score (nSPS) is 16.5. The fraction of sp³-hybridized carbons (Fsp3) is 0.409. The summed E-state index contributed by atoms with van der Waals surface area (Å²) in [6, 6.07) is 3.26. The molecule has 2 fully saturated rings. The lowest BCUT2D eigenvalue weighted by atomic mass is 10.1. The molecule has 0 radical (unpaired) electrons. The van der Waals surface area contributed by atoms with Crippen LogP contribution in [0.1, 0.15) is 49.2 Å². The lowest BCUT2D eigenvalue weighted by molar-refractivity contribution is -0.124. The van der Waals surface area contributed by atoms with Crippen LogP contribution in [0.25, 0.3) is 5.65 Å². The Morgan fingerprint density at radius 2 is 1.97 bits per heavy atom. The van der Waals surface area contributed by atoms with Gasteiger partial charge in [-0.05, 0) is 43.7 Å². The topological polar surface area (TPSA) is 92.9 Å². The van der Waals surface area contributed by atoms with Gasteiger partial charge >= 0.3 is 6.03 Å². The molecule has 1 aliphatic carbocycles. The Kier molecular flexibility index (Phi) is 5.21. The molecule has 0 N–H and O–H groups in total. The van der Waals surface area contributed by atoms with Crippen LogP contribution in [0, 0.1) is 6.92 Å². The monoisotopic (exact) mass is 454 g/mol. The molecule has 1 aliphatic heterocycles. The molecule has 1 saturated carbocycles. The molecule has 0 bridgehead atoms. The predicted octanol–water partition coefficient (Wildman–Crippen LogP) is 3.72. The van der Waals surface area contributed by atoms with E-state index in [-0.39, 0.29) is 25.1 Å². The Labute approximate surface area is 190 Å². The molecule has 166 valence electrons. The number of anilines is 1. The zero-order valence-electron chi connectivity index (χ0n) is 17.9. The maximum atomic E-state index is 13.0. The standard InChI is InChI=1S/C22H23ClN6O3/c1-3-6-28-20(30)11-29(22(28)31)17-7-15(14-4-5-14)9-27-10-16(26-21(17)27)12-32-19-8-18(23)24-13(2)25-19/h7-10,14H,3-6,11-12H2,1-2H3. The number of carbonyl (C=O) groups excluding carboxylic acids is 2. The summed E-state index contributed by atoms with van der Waals surface area (Å²) in [6.07, 6.45) is 6.90. The molecule has 1 saturated heterocycles. The molecule has 10 heteroatoms. The van der Waals surface area contributed by atoms with E-state index in [0.717, 1.165) is 24.8 Å². The van der Waals surface area contributed by atoms with Gasteiger partial charge in [0, 0.05) is 25.0 Å². The number of hydrogen-bond donors (Lipinski definition) is 0. The first-order valence-corrected chi connectivity index (χ1v) is 11.1. The molecule has 2 aliphatic rings. The van der Waals surface area contributed by atoms with Gasteiger partial charge in [-0.1, -0.05) is 18.5 Å². The Bertz CT molecular complexity index is 1200. The highest BCUT2D eigenvalue weighted by molar-refractivity contribution is 6.29. The van der Waals surface area contributed by atoms with E-state index in [9.17, 15) is 9.59 Å². The first-order valence-electron chi connectivity index (χ1n) is 10.7. The molecule has 4 heterocycles. The summed E-state index contributed by atoms with van der Waals surface area (Å²) in [5.74, 6) is 1.19. The molecule has 32 heavy (non-hydrogen) atoms. The van der Waals surface area contributed by atoms with Crippen molar-refractivity contribution in [3.8, 4) is 5.88 Å². The molecule has 5 rings (SSSR count). The summed E-state index contributed by atoms with van der Waals surface area (Å²) in [5.41, 5.74) is 3.09. The van der Waals surface area contributed by atoms with Gasteiger partial charge in [-0.25, -0.2) is 14.8 Å². The maximum Gasteiger partial charge on any atom is 0.331 e. The minimum absolute atomic E-state index is 0.0278. The fourth-order valence-corrected chi connectivity index (χ4v) is 4.18. The van der Waals surface area contributed by atoms with Crippen LogP contribution >= 0.6 is 11.6 Å². The maximum absolute atomic E-state index is 13.0. The highest BCUT2D eigenvalue weighted by Crippen LogP contribution is 2.42. The second-order valence-electron chi connectivity index (χ2n) is 8.17. The number of fused-ring (bicyclic) bond motifs is 1. The van der Waals surface area contributed by atoms with Crippen molar-refractivity contribution in [1.29, 1.82) is 0 Å². The van der Waals surface area contributed by atoms with Gasteiger partial charge in [0.2, 0.25) is 5.88 Å². The number of aryl methyl sites for hydroxylation is 1. The zero-order chi connectivity index (χ0) is 22.4. The van der Waals surface area contributed by atoms with Crippen LogP contribution in [0.4, 0.5) is 10.5 Å². The minimum atomic E-state index is -0.293. The van der Waals surface area contributed by atoms with E-state index in [1.54, 1.807) is 13.0 Å². The molecule has 0 aromatic carbocycles. The Morgan fingerprint density at radius 1 is 1.16 bits per heavy atom. The number of rotatable bonds is 7. The summed E-state index contributed by atoms with van der Waals surface area (Å²) >= 11 is 5.98. The zero-order valence-corrected chi connectivity index (χ0v) is 18.7. The molecule has 3 aromatic heterocycles. The lowest BCUT2D eigenvalue weighted by Crippen LogP contribution is -2.33. The number of urea groups is 1. The molecule has 0 unspecified atom stereocenters. The van der Waals surface area contributed by atoms with Crippen molar-refractivity contribution in [2.24, 2.45) is 0 Å². The summed E-state index contributed by atoms with van der Waals surface area (Å²) in [7, 11) is 0. The van der Waals surface area contributed by atoms with Crippen LogP contribution in [-0.2, 0) is 11.4 Å².